The van der Waals surface area contributed by atoms with Crippen LogP contribution >= 0.6 is 0 Å². The lowest BCUT2D eigenvalue weighted by Gasteiger charge is -2.32. The molecule has 0 unspecified atom stereocenters. The van der Waals surface area contributed by atoms with E-state index < -0.39 is 0 Å². The predicted octanol–water partition coefficient (Wildman–Crippen LogP) is 5.42. The second-order valence-corrected chi connectivity index (χ2v) is 5.24. The van der Waals surface area contributed by atoms with E-state index in [1.807, 2.05) is 0 Å². The molecule has 0 aliphatic rings. The minimum absolute atomic E-state index is 0.667. The van der Waals surface area contributed by atoms with Crippen molar-refractivity contribution in [1.82, 2.24) is 0 Å². The van der Waals surface area contributed by atoms with Gasteiger partial charge in [0.05, 0.1) is 0 Å². The van der Waals surface area contributed by atoms with Crippen molar-refractivity contribution >= 4 is 0 Å². The summed E-state index contributed by atoms with van der Waals surface area (Å²) in [6.45, 7) is 11.7. The smallest absolute Gasteiger partial charge is 0.0303 e. The lowest BCUT2D eigenvalue weighted by atomic mass is 9.73. The standard InChI is InChI=1S/C14H30/c1-6-9-11-14(7-2,8-3)12-10-13(4)5/h13H,6-12H2,1-5H3. The molecule has 0 aliphatic heterocycles. The van der Waals surface area contributed by atoms with E-state index in [0.29, 0.717) is 5.41 Å². The van der Waals surface area contributed by atoms with Crippen LogP contribution in [0.5, 0.6) is 0 Å². The summed E-state index contributed by atoms with van der Waals surface area (Å²) in [5.74, 6) is 0.870. The molecule has 0 aromatic carbocycles. The number of rotatable bonds is 8. The van der Waals surface area contributed by atoms with Crippen molar-refractivity contribution < 1.29 is 0 Å². The van der Waals surface area contributed by atoms with E-state index in [9.17, 15) is 0 Å². The fourth-order valence-electron chi connectivity index (χ4n) is 2.23. The summed E-state index contributed by atoms with van der Waals surface area (Å²) in [4.78, 5) is 0. The highest BCUT2D eigenvalue weighted by atomic mass is 14.3. The van der Waals surface area contributed by atoms with Gasteiger partial charge in [0.25, 0.3) is 0 Å². The molecule has 0 saturated heterocycles. The van der Waals surface area contributed by atoms with Gasteiger partial charge >= 0.3 is 0 Å². The van der Waals surface area contributed by atoms with Gasteiger partial charge in [-0.1, -0.05) is 66.7 Å². The van der Waals surface area contributed by atoms with Gasteiger partial charge in [-0.2, -0.15) is 0 Å². The van der Waals surface area contributed by atoms with Crippen LogP contribution in [0.4, 0.5) is 0 Å². The van der Waals surface area contributed by atoms with Crippen molar-refractivity contribution in [3.05, 3.63) is 0 Å². The molecule has 0 aromatic heterocycles. The summed E-state index contributed by atoms with van der Waals surface area (Å²) in [6, 6.07) is 0. The molecule has 0 atom stereocenters. The maximum absolute atomic E-state index is 2.37. The van der Waals surface area contributed by atoms with Crippen LogP contribution < -0.4 is 0 Å². The van der Waals surface area contributed by atoms with Gasteiger partial charge in [0, 0.05) is 0 Å². The first kappa shape index (κ1) is 14.0. The van der Waals surface area contributed by atoms with Gasteiger partial charge in [0.15, 0.2) is 0 Å². The minimum Gasteiger partial charge on any atom is -0.0654 e. The lowest BCUT2D eigenvalue weighted by molar-refractivity contribution is 0.197. The second kappa shape index (κ2) is 7.31. The Labute approximate surface area is 91.5 Å². The zero-order chi connectivity index (χ0) is 11.0. The molecular weight excluding hydrogens is 168 g/mol. The Morgan fingerprint density at radius 3 is 1.86 bits per heavy atom. The van der Waals surface area contributed by atoms with Crippen molar-refractivity contribution in [2.75, 3.05) is 0 Å². The summed E-state index contributed by atoms with van der Waals surface area (Å²) in [5.41, 5.74) is 0.667. The molecule has 0 spiro atoms. The number of hydrogen-bond donors (Lipinski definition) is 0. The maximum atomic E-state index is 2.37. The zero-order valence-electron chi connectivity index (χ0n) is 11.0. The van der Waals surface area contributed by atoms with Crippen molar-refractivity contribution in [3.63, 3.8) is 0 Å². The second-order valence-electron chi connectivity index (χ2n) is 5.24. The monoisotopic (exact) mass is 198 g/mol. The first-order valence-corrected chi connectivity index (χ1v) is 6.60. The largest absolute Gasteiger partial charge is 0.0654 e. The average molecular weight is 198 g/mol. The van der Waals surface area contributed by atoms with Crippen LogP contribution in [0, 0.1) is 11.3 Å². The van der Waals surface area contributed by atoms with Crippen molar-refractivity contribution in [2.24, 2.45) is 11.3 Å². The minimum atomic E-state index is 0.667. The van der Waals surface area contributed by atoms with Crippen LogP contribution in [-0.2, 0) is 0 Å². The van der Waals surface area contributed by atoms with Gasteiger partial charge in [0.1, 0.15) is 0 Å². The molecule has 0 aliphatic carbocycles. The first-order valence-electron chi connectivity index (χ1n) is 6.60. The maximum Gasteiger partial charge on any atom is -0.0303 e. The first-order chi connectivity index (χ1) is 6.60. The van der Waals surface area contributed by atoms with Gasteiger partial charge in [-0.3, -0.25) is 0 Å². The van der Waals surface area contributed by atoms with Crippen LogP contribution in [-0.4, -0.2) is 0 Å². The van der Waals surface area contributed by atoms with E-state index in [1.54, 1.807) is 0 Å². The molecule has 0 N–H and O–H groups in total. The Morgan fingerprint density at radius 1 is 0.929 bits per heavy atom. The van der Waals surface area contributed by atoms with Crippen LogP contribution in [0.25, 0.3) is 0 Å². The van der Waals surface area contributed by atoms with E-state index in [-0.39, 0.29) is 0 Å². The molecule has 0 bridgehead atoms. The summed E-state index contributed by atoms with van der Waals surface area (Å²) < 4.78 is 0. The number of unbranched alkanes of at least 4 members (excludes halogenated alkanes) is 1. The Hall–Kier alpha value is 0. The van der Waals surface area contributed by atoms with E-state index >= 15 is 0 Å². The average Bonchev–Trinajstić information content (AvgIpc) is 2.19. The van der Waals surface area contributed by atoms with E-state index in [2.05, 4.69) is 34.6 Å². The highest BCUT2D eigenvalue weighted by Gasteiger charge is 2.24. The Balaban J connectivity index is 4.07. The summed E-state index contributed by atoms with van der Waals surface area (Å²) in [5, 5.41) is 0. The fraction of sp³-hybridized carbons (Fsp3) is 1.00. The van der Waals surface area contributed by atoms with Gasteiger partial charge in [-0.25, -0.2) is 0 Å². The molecule has 0 heterocycles. The molecule has 14 heavy (non-hydrogen) atoms. The molecule has 0 radical (unpaired) electrons. The third-order valence-corrected chi connectivity index (χ3v) is 3.81. The number of hydrogen-bond acceptors (Lipinski definition) is 0. The normalized spacial score (nSPS) is 12.4. The van der Waals surface area contributed by atoms with Gasteiger partial charge in [-0.15, -0.1) is 0 Å². The fourth-order valence-corrected chi connectivity index (χ4v) is 2.23. The van der Waals surface area contributed by atoms with E-state index in [4.69, 9.17) is 0 Å². The summed E-state index contributed by atoms with van der Waals surface area (Å²) >= 11 is 0. The molecule has 0 rings (SSSR count). The third-order valence-electron chi connectivity index (χ3n) is 3.81. The summed E-state index contributed by atoms with van der Waals surface area (Å²) in [7, 11) is 0. The molecule has 0 heteroatoms. The van der Waals surface area contributed by atoms with Crippen molar-refractivity contribution in [3.8, 4) is 0 Å². The quantitative estimate of drug-likeness (QED) is 0.488. The van der Waals surface area contributed by atoms with Crippen LogP contribution in [0.2, 0.25) is 0 Å². The van der Waals surface area contributed by atoms with Gasteiger partial charge in [0.2, 0.25) is 0 Å². The van der Waals surface area contributed by atoms with Crippen LogP contribution in [0.1, 0.15) is 79.6 Å². The van der Waals surface area contributed by atoms with Crippen molar-refractivity contribution in [2.45, 2.75) is 79.6 Å². The van der Waals surface area contributed by atoms with Crippen LogP contribution in [0.15, 0.2) is 0 Å². The molecule has 0 fully saturated rings. The zero-order valence-corrected chi connectivity index (χ0v) is 11.0. The molecular formula is C14H30. The Bertz CT molecular complexity index is 120. The molecule has 0 aromatic rings. The lowest BCUT2D eigenvalue weighted by Crippen LogP contribution is -2.19. The van der Waals surface area contributed by atoms with Gasteiger partial charge in [-0.05, 0) is 24.2 Å². The van der Waals surface area contributed by atoms with Gasteiger partial charge < -0.3 is 0 Å². The Kier molecular flexibility index (Phi) is 7.31. The predicted molar refractivity (Wildman–Crippen MR) is 66.6 cm³/mol. The highest BCUT2D eigenvalue weighted by Crippen LogP contribution is 2.38. The SMILES string of the molecule is CCCCC(CC)(CC)CCC(C)C. The summed E-state index contributed by atoms with van der Waals surface area (Å²) in [6.07, 6.45) is 9.81. The molecule has 0 saturated carbocycles. The Morgan fingerprint density at radius 2 is 1.50 bits per heavy atom. The van der Waals surface area contributed by atoms with Crippen molar-refractivity contribution in [1.29, 1.82) is 0 Å². The molecule has 0 nitrogen and oxygen atoms in total. The highest BCUT2D eigenvalue weighted by molar-refractivity contribution is 4.76. The third kappa shape index (κ3) is 5.02. The topological polar surface area (TPSA) is 0 Å². The van der Waals surface area contributed by atoms with E-state index in [1.165, 1.54) is 44.9 Å². The molecule has 86 valence electrons. The van der Waals surface area contributed by atoms with E-state index in [0.717, 1.165) is 5.92 Å². The van der Waals surface area contributed by atoms with Crippen LogP contribution in [0.3, 0.4) is 0 Å². The molecule has 0 amide bonds.